The highest BCUT2D eigenvalue weighted by Crippen LogP contribution is 2.30. The minimum atomic E-state index is -0.864. The van der Waals surface area contributed by atoms with Crippen molar-refractivity contribution in [3.63, 3.8) is 0 Å². The van der Waals surface area contributed by atoms with Crippen LogP contribution in [0, 0.1) is 0 Å². The lowest BCUT2D eigenvalue weighted by Gasteiger charge is -2.41. The number of piperidine rings is 1. The number of nitrogens with zero attached hydrogens (tertiary/aromatic N) is 1. The van der Waals surface area contributed by atoms with Crippen molar-refractivity contribution < 1.29 is 23.9 Å². The number of rotatable bonds is 9. The van der Waals surface area contributed by atoms with Crippen molar-refractivity contribution in [2.24, 2.45) is 0 Å². The van der Waals surface area contributed by atoms with Gasteiger partial charge in [-0.15, -0.1) is 0 Å². The number of ether oxygens (including phenoxy) is 2. The lowest BCUT2D eigenvalue weighted by molar-refractivity contribution is -0.147. The van der Waals surface area contributed by atoms with Crippen LogP contribution in [0.25, 0.3) is 0 Å². The number of likely N-dealkylation sites (tertiary alicyclic amines) is 1. The van der Waals surface area contributed by atoms with Gasteiger partial charge in [0.25, 0.3) is 0 Å². The van der Waals surface area contributed by atoms with Crippen LogP contribution in [-0.4, -0.2) is 62.0 Å². The molecule has 1 aromatic carbocycles. The summed E-state index contributed by atoms with van der Waals surface area (Å²) in [6.07, 6.45) is 5.47. The fourth-order valence-electron chi connectivity index (χ4n) is 3.52. The number of carbonyl (C=O) groups is 3. The molecule has 0 spiro atoms. The summed E-state index contributed by atoms with van der Waals surface area (Å²) in [6, 6.07) is 7.28. The molecule has 1 saturated heterocycles. The number of carbonyl (C=O) groups excluding carboxylic acids is 3. The molecular formula is C22H30N2O5. The molecule has 0 saturated carbocycles. The summed E-state index contributed by atoms with van der Waals surface area (Å²) < 4.78 is 9.67. The minimum absolute atomic E-state index is 0.0305. The maximum Gasteiger partial charge on any atom is 0.331 e. The van der Waals surface area contributed by atoms with Crippen molar-refractivity contribution in [1.82, 2.24) is 4.90 Å². The minimum Gasteiger partial charge on any atom is -0.467 e. The number of methoxy groups -OCH3 is 2. The second-order valence-corrected chi connectivity index (χ2v) is 7.08. The molecule has 29 heavy (non-hydrogen) atoms. The molecule has 7 nitrogen and oxygen atoms in total. The Bertz CT molecular complexity index is 751. The fourth-order valence-corrected chi connectivity index (χ4v) is 3.52. The van der Waals surface area contributed by atoms with E-state index in [2.05, 4.69) is 15.0 Å². The van der Waals surface area contributed by atoms with Crippen molar-refractivity contribution in [3.05, 3.63) is 42.0 Å². The van der Waals surface area contributed by atoms with E-state index in [0.29, 0.717) is 43.6 Å². The van der Waals surface area contributed by atoms with E-state index in [4.69, 9.17) is 4.74 Å². The smallest absolute Gasteiger partial charge is 0.331 e. The maximum absolute atomic E-state index is 12.7. The molecule has 0 aromatic heterocycles. The number of Topliss-reactive ketones (excluding diaryl/α,β-unsaturated/α-hetero) is 1. The monoisotopic (exact) mass is 402 g/mol. The van der Waals surface area contributed by atoms with Gasteiger partial charge in [0, 0.05) is 43.4 Å². The van der Waals surface area contributed by atoms with E-state index in [0.717, 1.165) is 13.0 Å². The maximum atomic E-state index is 12.7. The number of hydrogen-bond acceptors (Lipinski definition) is 7. The highest BCUT2D eigenvalue weighted by molar-refractivity contribution is 6.01. The van der Waals surface area contributed by atoms with Crippen LogP contribution in [0.15, 0.2) is 36.4 Å². The van der Waals surface area contributed by atoms with Gasteiger partial charge in [-0.1, -0.05) is 25.1 Å². The van der Waals surface area contributed by atoms with Crippen LogP contribution in [0.2, 0.25) is 0 Å². The Morgan fingerprint density at radius 1 is 1.14 bits per heavy atom. The summed E-state index contributed by atoms with van der Waals surface area (Å²) in [5, 5.41) is 3.34. The largest absolute Gasteiger partial charge is 0.467 e. The lowest BCUT2D eigenvalue weighted by atomic mass is 9.86. The van der Waals surface area contributed by atoms with Gasteiger partial charge in [-0.3, -0.25) is 4.79 Å². The van der Waals surface area contributed by atoms with E-state index in [1.54, 1.807) is 12.1 Å². The van der Waals surface area contributed by atoms with Crippen LogP contribution in [0.3, 0.4) is 0 Å². The molecular weight excluding hydrogens is 372 g/mol. The van der Waals surface area contributed by atoms with Crippen LogP contribution >= 0.6 is 0 Å². The standard InChI is InChI=1S/C22H30N2O5/c1-4-19(25)17-9-5-6-10-18(17)23-22(21(27)29-3)12-15-24(16-13-22)14-8-7-11-20(26)28-2/h5-7,9-11,23H,4,8,12-16H2,1-3H3. The van der Waals surface area contributed by atoms with Crippen LogP contribution in [0.1, 0.15) is 43.0 Å². The van der Waals surface area contributed by atoms with E-state index in [1.165, 1.54) is 20.3 Å². The molecule has 1 aromatic rings. The Balaban J connectivity index is 2.07. The third kappa shape index (κ3) is 5.90. The van der Waals surface area contributed by atoms with Crippen molar-refractivity contribution in [1.29, 1.82) is 0 Å². The predicted molar refractivity (Wildman–Crippen MR) is 111 cm³/mol. The zero-order valence-corrected chi connectivity index (χ0v) is 17.4. The molecule has 0 atom stereocenters. The first kappa shape index (κ1) is 22.6. The SMILES string of the molecule is CCC(=O)c1ccccc1NC1(C(=O)OC)CCN(CCC=CC(=O)OC)CC1. The van der Waals surface area contributed by atoms with Gasteiger partial charge in [0.05, 0.1) is 14.2 Å². The zero-order chi connectivity index (χ0) is 21.3. The lowest BCUT2D eigenvalue weighted by Crippen LogP contribution is -2.55. The Hall–Kier alpha value is -2.67. The van der Waals surface area contributed by atoms with Crippen LogP contribution in [0.5, 0.6) is 0 Å². The summed E-state index contributed by atoms with van der Waals surface area (Å²) in [5.74, 6) is -0.651. The van der Waals surface area contributed by atoms with Crippen LogP contribution in [0.4, 0.5) is 5.69 Å². The molecule has 0 unspecified atom stereocenters. The van der Waals surface area contributed by atoms with Crippen molar-refractivity contribution in [3.8, 4) is 0 Å². The number of nitrogens with one attached hydrogen (secondary N) is 1. The van der Waals surface area contributed by atoms with Crippen LogP contribution < -0.4 is 5.32 Å². The van der Waals surface area contributed by atoms with E-state index in [9.17, 15) is 14.4 Å². The Kier molecular flexibility index (Phi) is 8.39. The molecule has 158 valence electrons. The quantitative estimate of drug-likeness (QED) is 0.386. The third-order valence-corrected chi connectivity index (χ3v) is 5.28. The summed E-state index contributed by atoms with van der Waals surface area (Å²) in [5.41, 5.74) is 0.393. The highest BCUT2D eigenvalue weighted by atomic mass is 16.5. The summed E-state index contributed by atoms with van der Waals surface area (Å²) in [7, 11) is 2.74. The Morgan fingerprint density at radius 2 is 1.83 bits per heavy atom. The summed E-state index contributed by atoms with van der Waals surface area (Å²) >= 11 is 0. The van der Waals surface area contributed by atoms with Crippen molar-refractivity contribution in [2.45, 2.75) is 38.1 Å². The van der Waals surface area contributed by atoms with Gasteiger partial charge in [-0.25, -0.2) is 9.59 Å². The number of esters is 2. The van der Waals surface area contributed by atoms with Gasteiger partial charge < -0.3 is 19.7 Å². The van der Waals surface area contributed by atoms with E-state index in [1.807, 2.05) is 25.1 Å². The number of benzene rings is 1. The Morgan fingerprint density at radius 3 is 2.45 bits per heavy atom. The van der Waals surface area contributed by atoms with Gasteiger partial charge in [0.2, 0.25) is 0 Å². The normalized spacial score (nSPS) is 16.4. The molecule has 1 aliphatic rings. The predicted octanol–water partition coefficient (Wildman–Crippen LogP) is 2.82. The number of ketones is 1. The van der Waals surface area contributed by atoms with Gasteiger partial charge >= 0.3 is 11.9 Å². The molecule has 1 aliphatic heterocycles. The fraction of sp³-hybridized carbons (Fsp3) is 0.500. The average Bonchev–Trinajstić information content (AvgIpc) is 2.76. The van der Waals surface area contributed by atoms with E-state index >= 15 is 0 Å². The first-order valence-corrected chi connectivity index (χ1v) is 9.91. The van der Waals surface area contributed by atoms with Crippen molar-refractivity contribution in [2.75, 3.05) is 39.2 Å². The van der Waals surface area contributed by atoms with Gasteiger partial charge in [0.1, 0.15) is 5.54 Å². The first-order chi connectivity index (χ1) is 14.0. The Labute approximate surface area is 172 Å². The topological polar surface area (TPSA) is 84.9 Å². The number of hydrogen-bond donors (Lipinski definition) is 1. The molecule has 1 N–H and O–H groups in total. The zero-order valence-electron chi connectivity index (χ0n) is 17.4. The molecule has 0 bridgehead atoms. The second-order valence-electron chi connectivity index (χ2n) is 7.08. The third-order valence-electron chi connectivity index (χ3n) is 5.28. The van der Waals surface area contributed by atoms with Crippen LogP contribution in [-0.2, 0) is 19.1 Å². The number of para-hydroxylation sites is 1. The molecule has 0 radical (unpaired) electrons. The van der Waals surface area contributed by atoms with Gasteiger partial charge in [-0.05, 0) is 31.4 Å². The average molecular weight is 402 g/mol. The van der Waals surface area contributed by atoms with Gasteiger partial charge in [0.15, 0.2) is 5.78 Å². The highest BCUT2D eigenvalue weighted by Gasteiger charge is 2.42. The van der Waals surface area contributed by atoms with E-state index in [-0.39, 0.29) is 17.7 Å². The first-order valence-electron chi connectivity index (χ1n) is 9.91. The molecule has 1 heterocycles. The summed E-state index contributed by atoms with van der Waals surface area (Å²) in [4.78, 5) is 38.3. The second kappa shape index (κ2) is 10.8. The van der Waals surface area contributed by atoms with E-state index < -0.39 is 5.54 Å². The molecule has 0 aliphatic carbocycles. The molecule has 7 heteroatoms. The summed E-state index contributed by atoms with van der Waals surface area (Å²) in [6.45, 7) is 4.02. The van der Waals surface area contributed by atoms with Crippen molar-refractivity contribution >= 4 is 23.4 Å². The molecule has 2 rings (SSSR count). The molecule has 1 fully saturated rings. The number of anilines is 1. The van der Waals surface area contributed by atoms with Gasteiger partial charge in [-0.2, -0.15) is 0 Å². The molecule has 0 amide bonds.